The van der Waals surface area contributed by atoms with Gasteiger partial charge in [-0.25, -0.2) is 0 Å². The van der Waals surface area contributed by atoms with E-state index in [1.807, 2.05) is 11.8 Å². The molecule has 0 saturated carbocycles. The fourth-order valence-corrected chi connectivity index (χ4v) is 3.04. The summed E-state index contributed by atoms with van der Waals surface area (Å²) in [5.41, 5.74) is 1.54. The zero-order chi connectivity index (χ0) is 17.0. The van der Waals surface area contributed by atoms with Gasteiger partial charge in [0.1, 0.15) is 11.5 Å². The molecule has 1 aromatic rings. The molecular formula is C18H28N2O3. The Kier molecular flexibility index (Phi) is 5.88. The molecule has 0 bridgehead atoms. The highest BCUT2D eigenvalue weighted by Gasteiger charge is 2.24. The Morgan fingerprint density at radius 1 is 1.09 bits per heavy atom. The lowest BCUT2D eigenvalue weighted by Gasteiger charge is -2.35. The monoisotopic (exact) mass is 320 g/mol. The summed E-state index contributed by atoms with van der Waals surface area (Å²) < 4.78 is 10.7. The van der Waals surface area contributed by atoms with Crippen molar-refractivity contribution in [3.63, 3.8) is 0 Å². The lowest BCUT2D eigenvalue weighted by Crippen LogP contribution is -2.49. The maximum Gasteiger partial charge on any atom is 0.254 e. The zero-order valence-corrected chi connectivity index (χ0v) is 14.9. The highest BCUT2D eigenvalue weighted by Crippen LogP contribution is 2.30. The largest absolute Gasteiger partial charge is 0.496 e. The first-order valence-electron chi connectivity index (χ1n) is 8.20. The van der Waals surface area contributed by atoms with Gasteiger partial charge in [0.25, 0.3) is 5.91 Å². The van der Waals surface area contributed by atoms with Gasteiger partial charge >= 0.3 is 0 Å². The van der Waals surface area contributed by atoms with Crippen molar-refractivity contribution in [2.45, 2.75) is 20.8 Å². The first-order valence-corrected chi connectivity index (χ1v) is 8.20. The van der Waals surface area contributed by atoms with Gasteiger partial charge in [0.2, 0.25) is 0 Å². The van der Waals surface area contributed by atoms with E-state index in [-0.39, 0.29) is 5.91 Å². The molecule has 1 aromatic carbocycles. The third-order valence-electron chi connectivity index (χ3n) is 4.28. The summed E-state index contributed by atoms with van der Waals surface area (Å²) in [6, 6.07) is 3.61. The third kappa shape index (κ3) is 4.16. The number of amides is 1. The van der Waals surface area contributed by atoms with Gasteiger partial charge in [-0.2, -0.15) is 0 Å². The van der Waals surface area contributed by atoms with Crippen molar-refractivity contribution in [1.29, 1.82) is 0 Å². The summed E-state index contributed by atoms with van der Waals surface area (Å²) >= 11 is 0. The Morgan fingerprint density at radius 2 is 1.61 bits per heavy atom. The van der Waals surface area contributed by atoms with E-state index in [4.69, 9.17) is 9.47 Å². The number of nitrogens with zero attached hydrogens (tertiary/aromatic N) is 2. The van der Waals surface area contributed by atoms with Crippen LogP contribution in [-0.4, -0.2) is 62.7 Å². The molecule has 1 amide bonds. The molecule has 0 radical (unpaired) electrons. The molecule has 1 aliphatic heterocycles. The summed E-state index contributed by atoms with van der Waals surface area (Å²) in [5.74, 6) is 2.07. The van der Waals surface area contributed by atoms with Crippen LogP contribution in [0.1, 0.15) is 29.8 Å². The zero-order valence-electron chi connectivity index (χ0n) is 14.9. The SMILES string of the molecule is COc1cc(C(=O)N2CCN(CC(C)C)CC2)cc(OC)c1C. The van der Waals surface area contributed by atoms with E-state index in [9.17, 15) is 4.79 Å². The van der Waals surface area contributed by atoms with Gasteiger partial charge in [-0.1, -0.05) is 13.8 Å². The molecule has 23 heavy (non-hydrogen) atoms. The average molecular weight is 320 g/mol. The minimum Gasteiger partial charge on any atom is -0.496 e. The van der Waals surface area contributed by atoms with Crippen LogP contribution >= 0.6 is 0 Å². The van der Waals surface area contributed by atoms with E-state index >= 15 is 0 Å². The number of ether oxygens (including phenoxy) is 2. The molecule has 1 fully saturated rings. The molecule has 0 aliphatic carbocycles. The number of piperazine rings is 1. The van der Waals surface area contributed by atoms with E-state index in [0.29, 0.717) is 23.0 Å². The highest BCUT2D eigenvalue weighted by molar-refractivity contribution is 5.95. The van der Waals surface area contributed by atoms with E-state index < -0.39 is 0 Å². The Balaban J connectivity index is 2.09. The Labute approximate surface area is 139 Å². The Hall–Kier alpha value is -1.75. The van der Waals surface area contributed by atoms with E-state index in [2.05, 4.69) is 18.7 Å². The van der Waals surface area contributed by atoms with Gasteiger partial charge in [0, 0.05) is 43.9 Å². The fourth-order valence-electron chi connectivity index (χ4n) is 3.04. The molecule has 0 aromatic heterocycles. The van der Waals surface area contributed by atoms with E-state index in [0.717, 1.165) is 38.3 Å². The summed E-state index contributed by atoms with van der Waals surface area (Å²) in [7, 11) is 3.22. The molecule has 2 rings (SSSR count). The van der Waals surface area contributed by atoms with Gasteiger partial charge in [0.15, 0.2) is 0 Å². The summed E-state index contributed by atoms with van der Waals surface area (Å²) in [6.45, 7) is 10.9. The number of rotatable bonds is 5. The first-order chi connectivity index (χ1) is 11.0. The summed E-state index contributed by atoms with van der Waals surface area (Å²) in [5, 5.41) is 0. The summed E-state index contributed by atoms with van der Waals surface area (Å²) in [6.07, 6.45) is 0. The molecule has 5 heteroatoms. The topological polar surface area (TPSA) is 42.0 Å². The molecule has 128 valence electrons. The Bertz CT molecular complexity index is 524. The first kappa shape index (κ1) is 17.6. The number of hydrogen-bond acceptors (Lipinski definition) is 4. The number of hydrogen-bond donors (Lipinski definition) is 0. The van der Waals surface area contributed by atoms with Crippen LogP contribution in [0.5, 0.6) is 11.5 Å². The summed E-state index contributed by atoms with van der Waals surface area (Å²) in [4.78, 5) is 17.1. The van der Waals surface area contributed by atoms with Crippen LogP contribution in [-0.2, 0) is 0 Å². The van der Waals surface area contributed by atoms with Crippen molar-refractivity contribution >= 4 is 5.91 Å². The second-order valence-corrected chi connectivity index (χ2v) is 6.49. The Morgan fingerprint density at radius 3 is 2.04 bits per heavy atom. The maximum absolute atomic E-state index is 12.8. The maximum atomic E-state index is 12.8. The second kappa shape index (κ2) is 7.68. The average Bonchev–Trinajstić information content (AvgIpc) is 2.54. The van der Waals surface area contributed by atoms with Crippen LogP contribution in [0, 0.1) is 12.8 Å². The molecule has 0 N–H and O–H groups in total. The lowest BCUT2D eigenvalue weighted by atomic mass is 10.1. The van der Waals surface area contributed by atoms with Crippen LogP contribution in [0.4, 0.5) is 0 Å². The molecule has 5 nitrogen and oxygen atoms in total. The molecule has 0 atom stereocenters. The fraction of sp³-hybridized carbons (Fsp3) is 0.611. The standard InChI is InChI=1S/C18H28N2O3/c1-13(2)12-19-6-8-20(9-7-19)18(21)15-10-16(22-4)14(3)17(11-15)23-5/h10-11,13H,6-9,12H2,1-5H3. The van der Waals surface area contributed by atoms with Crippen molar-refractivity contribution < 1.29 is 14.3 Å². The van der Waals surface area contributed by atoms with Crippen LogP contribution in [0.2, 0.25) is 0 Å². The van der Waals surface area contributed by atoms with Gasteiger partial charge < -0.3 is 14.4 Å². The van der Waals surface area contributed by atoms with Gasteiger partial charge in [0.05, 0.1) is 14.2 Å². The van der Waals surface area contributed by atoms with Gasteiger partial charge in [-0.3, -0.25) is 9.69 Å². The van der Waals surface area contributed by atoms with Crippen LogP contribution in [0.25, 0.3) is 0 Å². The number of carbonyl (C=O) groups excluding carboxylic acids is 1. The van der Waals surface area contributed by atoms with Gasteiger partial charge in [-0.15, -0.1) is 0 Å². The quantitative estimate of drug-likeness (QED) is 0.835. The molecular weight excluding hydrogens is 292 g/mol. The van der Waals surface area contributed by atoms with Crippen LogP contribution < -0.4 is 9.47 Å². The van der Waals surface area contributed by atoms with Crippen molar-refractivity contribution in [1.82, 2.24) is 9.80 Å². The number of benzene rings is 1. The second-order valence-electron chi connectivity index (χ2n) is 6.49. The normalized spacial score (nSPS) is 15.8. The minimum atomic E-state index is 0.0470. The van der Waals surface area contributed by atoms with Crippen molar-refractivity contribution in [3.05, 3.63) is 23.3 Å². The predicted octanol–water partition coefficient (Wildman–Crippen LogP) is 2.43. The lowest BCUT2D eigenvalue weighted by molar-refractivity contribution is 0.0623. The number of methoxy groups -OCH3 is 2. The van der Waals surface area contributed by atoms with Crippen molar-refractivity contribution in [2.75, 3.05) is 46.9 Å². The number of carbonyl (C=O) groups is 1. The minimum absolute atomic E-state index is 0.0470. The third-order valence-corrected chi connectivity index (χ3v) is 4.28. The van der Waals surface area contributed by atoms with Crippen LogP contribution in [0.15, 0.2) is 12.1 Å². The van der Waals surface area contributed by atoms with E-state index in [1.165, 1.54) is 0 Å². The van der Waals surface area contributed by atoms with E-state index in [1.54, 1.807) is 26.4 Å². The highest BCUT2D eigenvalue weighted by atomic mass is 16.5. The van der Waals surface area contributed by atoms with Crippen LogP contribution in [0.3, 0.4) is 0 Å². The van der Waals surface area contributed by atoms with Crippen molar-refractivity contribution in [2.24, 2.45) is 5.92 Å². The smallest absolute Gasteiger partial charge is 0.254 e. The molecule has 0 unspecified atom stereocenters. The van der Waals surface area contributed by atoms with Crippen molar-refractivity contribution in [3.8, 4) is 11.5 Å². The van der Waals surface area contributed by atoms with Gasteiger partial charge in [-0.05, 0) is 25.0 Å². The molecule has 0 spiro atoms. The molecule has 1 aliphatic rings. The molecule has 1 saturated heterocycles. The molecule has 1 heterocycles. The predicted molar refractivity (Wildman–Crippen MR) is 91.5 cm³/mol.